The van der Waals surface area contributed by atoms with Crippen LogP contribution in [0.1, 0.15) is 10.6 Å². The summed E-state index contributed by atoms with van der Waals surface area (Å²) in [6, 6.07) is 5.35. The Balaban J connectivity index is 2.49. The zero-order valence-corrected chi connectivity index (χ0v) is 9.42. The van der Waals surface area contributed by atoms with Crippen molar-refractivity contribution in [2.45, 2.75) is 0 Å². The number of rotatable bonds is 2. The van der Waals surface area contributed by atoms with Gasteiger partial charge in [-0.15, -0.1) is 0 Å². The number of benzene rings is 1. The Hall–Kier alpha value is -2.50. The van der Waals surface area contributed by atoms with E-state index in [0.29, 0.717) is 5.56 Å². The summed E-state index contributed by atoms with van der Waals surface area (Å²) in [4.78, 5) is 18.8. The predicted molar refractivity (Wildman–Crippen MR) is 60.4 cm³/mol. The van der Waals surface area contributed by atoms with Crippen LogP contribution >= 0.6 is 0 Å². The minimum Gasteiger partial charge on any atom is -0.504 e. The second-order valence-corrected chi connectivity index (χ2v) is 3.43. The third kappa shape index (κ3) is 2.27. The summed E-state index contributed by atoms with van der Waals surface area (Å²) in [7, 11) is 1.20. The first kappa shape index (κ1) is 12.0. The summed E-state index contributed by atoms with van der Waals surface area (Å²) in [5.41, 5.74) is 0.617. The van der Waals surface area contributed by atoms with Gasteiger partial charge in [0.15, 0.2) is 5.75 Å². The number of hydrogen-bond acceptors (Lipinski definition) is 5. The molecule has 0 aliphatic heterocycles. The number of nitrogens with zero attached hydrogens (tertiary/aromatic N) is 2. The summed E-state index contributed by atoms with van der Waals surface area (Å²) in [5.74, 6) is -1.48. The van der Waals surface area contributed by atoms with Gasteiger partial charge >= 0.3 is 5.97 Å². The van der Waals surface area contributed by atoms with Gasteiger partial charge in [0, 0.05) is 5.56 Å². The third-order valence-electron chi connectivity index (χ3n) is 2.26. The van der Waals surface area contributed by atoms with Gasteiger partial charge in [-0.1, -0.05) is 0 Å². The van der Waals surface area contributed by atoms with E-state index in [1.807, 2.05) is 0 Å². The summed E-state index contributed by atoms with van der Waals surface area (Å²) in [5, 5.41) is 9.64. The Morgan fingerprint density at radius 2 is 2.00 bits per heavy atom. The Bertz CT molecular complexity index is 584. The fraction of sp³-hybridized carbons (Fsp3) is 0.0833. The number of hydrogen-bond donors (Lipinski definition) is 1. The molecule has 0 fully saturated rings. The quantitative estimate of drug-likeness (QED) is 0.820. The number of ether oxygens (including phenoxy) is 1. The van der Waals surface area contributed by atoms with Crippen molar-refractivity contribution in [3.8, 4) is 17.0 Å². The van der Waals surface area contributed by atoms with Crippen molar-refractivity contribution in [3.05, 3.63) is 42.1 Å². The van der Waals surface area contributed by atoms with Crippen molar-refractivity contribution in [3.63, 3.8) is 0 Å². The van der Waals surface area contributed by atoms with Crippen molar-refractivity contribution in [1.29, 1.82) is 0 Å². The molecule has 1 heterocycles. The van der Waals surface area contributed by atoms with Crippen LogP contribution in [0, 0.1) is 5.82 Å². The highest BCUT2D eigenvalue weighted by molar-refractivity contribution is 5.86. The number of carbonyl (C=O) groups excluding carboxylic acids is 1. The molecule has 2 rings (SSSR count). The molecule has 1 aromatic carbocycles. The maximum absolute atomic E-state index is 12.8. The van der Waals surface area contributed by atoms with Gasteiger partial charge in [-0.05, 0) is 24.3 Å². The second kappa shape index (κ2) is 4.79. The molecule has 0 atom stereocenters. The fourth-order valence-electron chi connectivity index (χ4n) is 1.39. The highest BCUT2D eigenvalue weighted by Gasteiger charge is 2.14. The van der Waals surface area contributed by atoms with Gasteiger partial charge in [0.2, 0.25) is 5.82 Å². The Morgan fingerprint density at radius 1 is 1.33 bits per heavy atom. The molecule has 1 aromatic heterocycles. The minimum absolute atomic E-state index is 0.144. The number of aromatic hydroxyl groups is 1. The van der Waals surface area contributed by atoms with Crippen LogP contribution in [0.5, 0.6) is 5.75 Å². The molecule has 5 nitrogen and oxygen atoms in total. The first-order chi connectivity index (χ1) is 8.61. The number of aromatic nitrogens is 2. The fourth-order valence-corrected chi connectivity index (χ4v) is 1.39. The van der Waals surface area contributed by atoms with E-state index in [0.717, 1.165) is 6.20 Å². The monoisotopic (exact) mass is 248 g/mol. The molecule has 92 valence electrons. The summed E-state index contributed by atoms with van der Waals surface area (Å²) in [6.45, 7) is 0. The van der Waals surface area contributed by atoms with Crippen LogP contribution in [-0.4, -0.2) is 28.2 Å². The van der Waals surface area contributed by atoms with Crippen LogP contribution in [0.25, 0.3) is 11.3 Å². The summed E-state index contributed by atoms with van der Waals surface area (Å²) in [6.07, 6.45) is 1.10. The second-order valence-electron chi connectivity index (χ2n) is 3.43. The van der Waals surface area contributed by atoms with E-state index in [1.54, 1.807) is 0 Å². The molecule has 0 saturated carbocycles. The van der Waals surface area contributed by atoms with Crippen molar-refractivity contribution < 1.29 is 19.0 Å². The van der Waals surface area contributed by atoms with Crippen molar-refractivity contribution in [1.82, 2.24) is 9.97 Å². The topological polar surface area (TPSA) is 72.3 Å². The lowest BCUT2D eigenvalue weighted by Crippen LogP contribution is -2.07. The summed E-state index contributed by atoms with van der Waals surface area (Å²) >= 11 is 0. The highest BCUT2D eigenvalue weighted by Crippen LogP contribution is 2.26. The average molecular weight is 248 g/mol. The van der Waals surface area contributed by atoms with E-state index >= 15 is 0 Å². The molecule has 0 radical (unpaired) electrons. The molecule has 0 spiro atoms. The lowest BCUT2D eigenvalue weighted by atomic mass is 10.1. The number of carbonyl (C=O) groups is 1. The Morgan fingerprint density at radius 3 is 2.61 bits per heavy atom. The molecule has 0 unspecified atom stereocenters. The van der Waals surface area contributed by atoms with Gasteiger partial charge in [0.05, 0.1) is 13.3 Å². The first-order valence-electron chi connectivity index (χ1n) is 5.02. The van der Waals surface area contributed by atoms with Gasteiger partial charge in [0.1, 0.15) is 11.5 Å². The molecule has 0 aliphatic carbocycles. The highest BCUT2D eigenvalue weighted by atomic mass is 19.1. The predicted octanol–water partition coefficient (Wildman–Crippen LogP) is 1.77. The van der Waals surface area contributed by atoms with Crippen LogP contribution in [0.4, 0.5) is 4.39 Å². The SMILES string of the molecule is COC(=O)c1ncc(O)c(-c2ccc(F)cc2)n1. The molecule has 18 heavy (non-hydrogen) atoms. The van der Waals surface area contributed by atoms with E-state index in [4.69, 9.17) is 0 Å². The summed E-state index contributed by atoms with van der Waals surface area (Å²) < 4.78 is 17.3. The normalized spacial score (nSPS) is 10.1. The molecular weight excluding hydrogens is 239 g/mol. The van der Waals surface area contributed by atoms with Gasteiger partial charge in [-0.3, -0.25) is 0 Å². The van der Waals surface area contributed by atoms with Gasteiger partial charge in [0.25, 0.3) is 0 Å². The van der Waals surface area contributed by atoms with E-state index in [-0.39, 0.29) is 17.3 Å². The van der Waals surface area contributed by atoms with Crippen molar-refractivity contribution >= 4 is 5.97 Å². The van der Waals surface area contributed by atoms with E-state index in [2.05, 4.69) is 14.7 Å². The Kier molecular flexibility index (Phi) is 3.18. The van der Waals surface area contributed by atoms with Crippen LogP contribution in [-0.2, 0) is 4.74 Å². The van der Waals surface area contributed by atoms with Crippen molar-refractivity contribution in [2.75, 3.05) is 7.11 Å². The van der Waals surface area contributed by atoms with Gasteiger partial charge in [-0.25, -0.2) is 19.2 Å². The third-order valence-corrected chi connectivity index (χ3v) is 2.26. The zero-order chi connectivity index (χ0) is 13.1. The molecule has 6 heteroatoms. The molecular formula is C12H9FN2O3. The van der Waals surface area contributed by atoms with Crippen molar-refractivity contribution in [2.24, 2.45) is 0 Å². The maximum atomic E-state index is 12.8. The molecule has 0 amide bonds. The van der Waals surface area contributed by atoms with E-state index < -0.39 is 11.8 Å². The molecule has 0 aliphatic rings. The first-order valence-corrected chi connectivity index (χ1v) is 5.02. The number of esters is 1. The maximum Gasteiger partial charge on any atom is 0.376 e. The minimum atomic E-state index is -0.710. The molecule has 2 aromatic rings. The smallest absolute Gasteiger partial charge is 0.376 e. The average Bonchev–Trinajstić information content (AvgIpc) is 2.39. The van der Waals surface area contributed by atoms with Gasteiger partial charge < -0.3 is 9.84 Å². The van der Waals surface area contributed by atoms with Crippen LogP contribution < -0.4 is 0 Å². The molecule has 0 bridgehead atoms. The lowest BCUT2D eigenvalue weighted by Gasteiger charge is -2.05. The number of halogens is 1. The van der Waals surface area contributed by atoms with E-state index in [9.17, 15) is 14.3 Å². The standard InChI is InChI=1S/C12H9FN2O3/c1-18-12(17)11-14-6-9(16)10(15-11)7-2-4-8(13)5-3-7/h2-6,16H,1H3. The zero-order valence-electron chi connectivity index (χ0n) is 9.42. The van der Waals surface area contributed by atoms with Crippen LogP contribution in [0.3, 0.4) is 0 Å². The van der Waals surface area contributed by atoms with Crippen LogP contribution in [0.15, 0.2) is 30.5 Å². The molecule has 0 saturated heterocycles. The molecule has 1 N–H and O–H groups in total. The van der Waals surface area contributed by atoms with Crippen LogP contribution in [0.2, 0.25) is 0 Å². The number of methoxy groups -OCH3 is 1. The Labute approximate surface area is 102 Å². The lowest BCUT2D eigenvalue weighted by molar-refractivity contribution is 0.0586. The largest absolute Gasteiger partial charge is 0.504 e. The van der Waals surface area contributed by atoms with Gasteiger partial charge in [-0.2, -0.15) is 0 Å². The van der Waals surface area contributed by atoms with E-state index in [1.165, 1.54) is 31.4 Å².